The van der Waals surface area contributed by atoms with Crippen LogP contribution in [0.25, 0.3) is 0 Å². The van der Waals surface area contributed by atoms with E-state index in [1.54, 1.807) is 12.1 Å². The predicted octanol–water partition coefficient (Wildman–Crippen LogP) is 2.99. The number of benzene rings is 1. The van der Waals surface area contributed by atoms with E-state index in [0.29, 0.717) is 12.1 Å². The van der Waals surface area contributed by atoms with E-state index in [4.69, 9.17) is 0 Å². The maximum Gasteiger partial charge on any atom is 0.251 e. The second kappa shape index (κ2) is 10.5. The number of hydrogen-bond acceptors (Lipinski definition) is 3. The van der Waals surface area contributed by atoms with E-state index < -0.39 is 6.04 Å². The molecule has 0 bridgehead atoms. The van der Waals surface area contributed by atoms with Gasteiger partial charge in [0.05, 0.1) is 0 Å². The summed E-state index contributed by atoms with van der Waals surface area (Å²) in [6.07, 6.45) is 3.53. The lowest BCUT2D eigenvalue weighted by molar-refractivity contribution is -0.123. The summed E-state index contributed by atoms with van der Waals surface area (Å²) in [7, 11) is 0. The number of hydrogen-bond donors (Lipinski definition) is 2. The number of amides is 2. The van der Waals surface area contributed by atoms with Gasteiger partial charge in [-0.1, -0.05) is 38.5 Å². The minimum Gasteiger partial charge on any atom is -0.354 e. The number of carbonyl (C=O) groups excluding carboxylic acids is 2. The third-order valence-corrected chi connectivity index (χ3v) is 5.24. The van der Waals surface area contributed by atoms with Crippen LogP contribution in [0.2, 0.25) is 0 Å². The summed E-state index contributed by atoms with van der Waals surface area (Å²) in [6.45, 7) is 12.2. The first-order chi connectivity index (χ1) is 12.9. The molecule has 0 aliphatic carbocycles. The number of aryl methyl sites for hydroxylation is 1. The van der Waals surface area contributed by atoms with Crippen LogP contribution in [0.4, 0.5) is 0 Å². The molecule has 2 N–H and O–H groups in total. The van der Waals surface area contributed by atoms with Crippen LogP contribution in [-0.4, -0.2) is 48.9 Å². The molecule has 0 spiro atoms. The van der Waals surface area contributed by atoms with Crippen molar-refractivity contribution in [2.45, 2.75) is 53.0 Å². The smallest absolute Gasteiger partial charge is 0.251 e. The Morgan fingerprint density at radius 3 is 2.56 bits per heavy atom. The van der Waals surface area contributed by atoms with Gasteiger partial charge in [0.2, 0.25) is 5.91 Å². The molecule has 1 aromatic rings. The molecule has 27 heavy (non-hydrogen) atoms. The Morgan fingerprint density at radius 2 is 1.93 bits per heavy atom. The molecule has 2 rings (SSSR count). The SMILES string of the molecule is Cc1ccc(C(=O)NC(C(=O)NCCCN2CCCC(C)C2)C(C)C)cc1. The molecule has 2 unspecified atom stereocenters. The average Bonchev–Trinajstić information content (AvgIpc) is 2.63. The second-order valence-electron chi connectivity index (χ2n) is 8.25. The molecule has 1 aliphatic rings. The summed E-state index contributed by atoms with van der Waals surface area (Å²) in [5.74, 6) is 0.501. The van der Waals surface area contributed by atoms with Crippen molar-refractivity contribution < 1.29 is 9.59 Å². The number of nitrogens with zero attached hydrogens (tertiary/aromatic N) is 1. The minimum absolute atomic E-state index is 0.0299. The molecular formula is C22H35N3O2. The molecule has 0 aromatic heterocycles. The van der Waals surface area contributed by atoms with Gasteiger partial charge in [-0.15, -0.1) is 0 Å². The molecular weight excluding hydrogens is 338 g/mol. The number of rotatable bonds is 8. The molecule has 1 saturated heterocycles. The third-order valence-electron chi connectivity index (χ3n) is 5.24. The molecule has 5 nitrogen and oxygen atoms in total. The van der Waals surface area contributed by atoms with Gasteiger partial charge in [-0.2, -0.15) is 0 Å². The standard InChI is InChI=1S/C22H35N3O2/c1-16(2)20(24-21(26)19-10-8-17(3)9-11-19)22(27)23-12-6-14-25-13-5-7-18(4)15-25/h8-11,16,18,20H,5-7,12-15H2,1-4H3,(H,23,27)(H,24,26). The summed E-state index contributed by atoms with van der Waals surface area (Å²) in [5, 5.41) is 5.89. The molecule has 1 aliphatic heterocycles. The number of carbonyl (C=O) groups is 2. The normalized spacial score (nSPS) is 18.9. The Kier molecular flexibility index (Phi) is 8.29. The van der Waals surface area contributed by atoms with E-state index in [0.717, 1.165) is 31.0 Å². The first-order valence-corrected chi connectivity index (χ1v) is 10.2. The zero-order valence-corrected chi connectivity index (χ0v) is 17.3. The molecule has 2 atom stereocenters. The summed E-state index contributed by atoms with van der Waals surface area (Å²) >= 11 is 0. The summed E-state index contributed by atoms with van der Waals surface area (Å²) in [6, 6.07) is 6.87. The maximum absolute atomic E-state index is 12.6. The van der Waals surface area contributed by atoms with Crippen LogP contribution in [0.15, 0.2) is 24.3 Å². The lowest BCUT2D eigenvalue weighted by atomic mass is 10.0. The largest absolute Gasteiger partial charge is 0.354 e. The zero-order chi connectivity index (χ0) is 19.8. The van der Waals surface area contributed by atoms with Crippen molar-refractivity contribution in [3.8, 4) is 0 Å². The van der Waals surface area contributed by atoms with E-state index in [1.807, 2.05) is 32.9 Å². The fraction of sp³-hybridized carbons (Fsp3) is 0.636. The Hall–Kier alpha value is -1.88. The summed E-state index contributed by atoms with van der Waals surface area (Å²) < 4.78 is 0. The topological polar surface area (TPSA) is 61.4 Å². The van der Waals surface area contributed by atoms with Gasteiger partial charge in [0.1, 0.15) is 6.04 Å². The van der Waals surface area contributed by atoms with Crippen molar-refractivity contribution in [3.63, 3.8) is 0 Å². The zero-order valence-electron chi connectivity index (χ0n) is 17.3. The quantitative estimate of drug-likeness (QED) is 0.689. The highest BCUT2D eigenvalue weighted by molar-refractivity contribution is 5.97. The van der Waals surface area contributed by atoms with Crippen molar-refractivity contribution in [1.82, 2.24) is 15.5 Å². The molecule has 0 saturated carbocycles. The van der Waals surface area contributed by atoms with Crippen LogP contribution in [0.1, 0.15) is 56.0 Å². The van der Waals surface area contributed by atoms with Gasteiger partial charge < -0.3 is 15.5 Å². The van der Waals surface area contributed by atoms with Crippen molar-refractivity contribution in [1.29, 1.82) is 0 Å². The van der Waals surface area contributed by atoms with Crippen LogP contribution in [0, 0.1) is 18.8 Å². The van der Waals surface area contributed by atoms with Crippen molar-refractivity contribution >= 4 is 11.8 Å². The average molecular weight is 374 g/mol. The molecule has 150 valence electrons. The van der Waals surface area contributed by atoms with Gasteiger partial charge in [-0.3, -0.25) is 9.59 Å². The monoisotopic (exact) mass is 373 g/mol. The summed E-state index contributed by atoms with van der Waals surface area (Å²) in [4.78, 5) is 27.5. The maximum atomic E-state index is 12.6. The van der Waals surface area contributed by atoms with Crippen LogP contribution in [0.3, 0.4) is 0 Å². The van der Waals surface area contributed by atoms with Crippen LogP contribution in [0.5, 0.6) is 0 Å². The van der Waals surface area contributed by atoms with Crippen LogP contribution >= 0.6 is 0 Å². The Balaban J connectivity index is 1.78. The second-order valence-corrected chi connectivity index (χ2v) is 8.25. The first kappa shape index (κ1) is 21.4. The molecule has 0 radical (unpaired) electrons. The lowest BCUT2D eigenvalue weighted by Crippen LogP contribution is -2.50. The molecule has 1 aromatic carbocycles. The summed E-state index contributed by atoms with van der Waals surface area (Å²) in [5.41, 5.74) is 1.69. The van der Waals surface area contributed by atoms with E-state index in [9.17, 15) is 9.59 Å². The van der Waals surface area contributed by atoms with E-state index >= 15 is 0 Å². The third kappa shape index (κ3) is 6.98. The van der Waals surface area contributed by atoms with Crippen molar-refractivity contribution in [2.24, 2.45) is 11.8 Å². The van der Waals surface area contributed by atoms with Crippen molar-refractivity contribution in [2.75, 3.05) is 26.2 Å². The predicted molar refractivity (Wildman–Crippen MR) is 110 cm³/mol. The fourth-order valence-electron chi connectivity index (χ4n) is 3.58. The fourth-order valence-corrected chi connectivity index (χ4v) is 3.58. The molecule has 5 heteroatoms. The highest BCUT2D eigenvalue weighted by Gasteiger charge is 2.24. The van der Waals surface area contributed by atoms with E-state index in [-0.39, 0.29) is 17.7 Å². The van der Waals surface area contributed by atoms with Gasteiger partial charge in [-0.25, -0.2) is 0 Å². The van der Waals surface area contributed by atoms with Gasteiger partial charge in [-0.05, 0) is 63.2 Å². The minimum atomic E-state index is -0.520. The van der Waals surface area contributed by atoms with Gasteiger partial charge in [0.15, 0.2) is 0 Å². The first-order valence-electron chi connectivity index (χ1n) is 10.2. The van der Waals surface area contributed by atoms with Gasteiger partial charge in [0, 0.05) is 18.7 Å². The Bertz CT molecular complexity index is 612. The Morgan fingerprint density at radius 1 is 1.22 bits per heavy atom. The molecule has 1 heterocycles. The number of nitrogens with one attached hydrogen (secondary N) is 2. The van der Waals surface area contributed by atoms with E-state index in [2.05, 4.69) is 22.5 Å². The van der Waals surface area contributed by atoms with Crippen LogP contribution < -0.4 is 10.6 Å². The van der Waals surface area contributed by atoms with Gasteiger partial charge >= 0.3 is 0 Å². The number of likely N-dealkylation sites (tertiary alicyclic amines) is 1. The lowest BCUT2D eigenvalue weighted by Gasteiger charge is -2.30. The highest BCUT2D eigenvalue weighted by atomic mass is 16.2. The van der Waals surface area contributed by atoms with Crippen molar-refractivity contribution in [3.05, 3.63) is 35.4 Å². The van der Waals surface area contributed by atoms with Gasteiger partial charge in [0.25, 0.3) is 5.91 Å². The Labute approximate surface area is 163 Å². The molecule has 1 fully saturated rings. The van der Waals surface area contributed by atoms with Crippen LogP contribution in [-0.2, 0) is 4.79 Å². The number of piperidine rings is 1. The molecule has 2 amide bonds. The highest BCUT2D eigenvalue weighted by Crippen LogP contribution is 2.15. The van der Waals surface area contributed by atoms with E-state index in [1.165, 1.54) is 19.4 Å².